The fourth-order valence-corrected chi connectivity index (χ4v) is 4.13. The van der Waals surface area contributed by atoms with Crippen LogP contribution < -0.4 is 0 Å². The topological polar surface area (TPSA) is 47.9 Å². The van der Waals surface area contributed by atoms with E-state index in [1.165, 1.54) is 0 Å². The first-order chi connectivity index (χ1) is 17.6. The Morgan fingerprint density at radius 2 is 1.22 bits per heavy atom. The average Bonchev–Trinajstić information content (AvgIpc) is 2.92. The summed E-state index contributed by atoms with van der Waals surface area (Å²) in [7, 11) is 0. The predicted octanol–water partition coefficient (Wildman–Crippen LogP) is 6.65. The molecule has 0 amide bonds. The molecule has 3 rings (SSSR count). The molecule has 0 aliphatic heterocycles. The number of aliphatic hydroxyl groups is 1. The smallest absolute Gasteiger partial charge is 0.119 e. The SMILES string of the molecule is C=CCCC[C@](O)(COCc1ccccc1)[C@@H](OCc1ccccc1)[C@@H](C=C)OCc1ccccc1. The summed E-state index contributed by atoms with van der Waals surface area (Å²) in [5.74, 6) is 0. The van der Waals surface area contributed by atoms with Crippen molar-refractivity contribution in [2.24, 2.45) is 0 Å². The third-order valence-electron chi connectivity index (χ3n) is 6.10. The van der Waals surface area contributed by atoms with Crippen molar-refractivity contribution in [2.45, 2.75) is 56.9 Å². The maximum atomic E-state index is 12.0. The maximum absolute atomic E-state index is 12.0. The largest absolute Gasteiger partial charge is 0.385 e. The normalized spacial score (nSPS) is 14.5. The van der Waals surface area contributed by atoms with E-state index in [1.54, 1.807) is 6.08 Å². The first-order valence-electron chi connectivity index (χ1n) is 12.5. The molecule has 4 nitrogen and oxygen atoms in total. The van der Waals surface area contributed by atoms with Crippen LogP contribution >= 0.6 is 0 Å². The van der Waals surface area contributed by atoms with E-state index in [0.717, 1.165) is 29.5 Å². The van der Waals surface area contributed by atoms with Gasteiger partial charge in [-0.3, -0.25) is 0 Å². The highest BCUT2D eigenvalue weighted by atomic mass is 16.6. The minimum absolute atomic E-state index is 0.109. The standard InChI is InChI=1S/C32H38O4/c1-3-5-15-22-32(33,26-34-23-27-16-9-6-10-17-27)31(36-25-29-20-13-8-14-21-29)30(4-2)35-24-28-18-11-7-12-19-28/h3-4,6-14,16-21,30-31,33H,1-2,5,15,22-26H2/t30-,31+,32+/m1/s1. The Hall–Kier alpha value is -3.02. The molecule has 3 atom stereocenters. The molecular weight excluding hydrogens is 448 g/mol. The Bertz CT molecular complexity index is 1010. The van der Waals surface area contributed by atoms with Crippen molar-refractivity contribution in [1.29, 1.82) is 0 Å². The van der Waals surface area contributed by atoms with Crippen LogP contribution in [0.15, 0.2) is 116 Å². The van der Waals surface area contributed by atoms with Crippen molar-refractivity contribution in [2.75, 3.05) is 6.61 Å². The molecule has 0 heterocycles. The van der Waals surface area contributed by atoms with Crippen molar-refractivity contribution < 1.29 is 19.3 Å². The molecule has 3 aromatic carbocycles. The van der Waals surface area contributed by atoms with E-state index in [0.29, 0.717) is 26.2 Å². The van der Waals surface area contributed by atoms with Crippen molar-refractivity contribution in [3.8, 4) is 0 Å². The second kappa shape index (κ2) is 15.2. The van der Waals surface area contributed by atoms with Crippen molar-refractivity contribution >= 4 is 0 Å². The number of allylic oxidation sites excluding steroid dienone is 1. The van der Waals surface area contributed by atoms with Gasteiger partial charge in [-0.15, -0.1) is 13.2 Å². The van der Waals surface area contributed by atoms with Crippen LogP contribution in [0.5, 0.6) is 0 Å². The van der Waals surface area contributed by atoms with Crippen molar-refractivity contribution in [3.63, 3.8) is 0 Å². The number of unbranched alkanes of at least 4 members (excludes halogenated alkanes) is 1. The summed E-state index contributed by atoms with van der Waals surface area (Å²) in [6.45, 7) is 9.08. The number of hydrogen-bond acceptors (Lipinski definition) is 4. The quantitative estimate of drug-likeness (QED) is 0.171. The Balaban J connectivity index is 1.80. The summed E-state index contributed by atoms with van der Waals surface area (Å²) >= 11 is 0. The molecule has 0 spiro atoms. The van der Waals surface area contributed by atoms with Gasteiger partial charge in [-0.05, 0) is 36.0 Å². The summed E-state index contributed by atoms with van der Waals surface area (Å²) in [6, 6.07) is 29.8. The molecule has 0 fully saturated rings. The lowest BCUT2D eigenvalue weighted by Gasteiger charge is -2.39. The van der Waals surface area contributed by atoms with Gasteiger partial charge in [0.1, 0.15) is 17.8 Å². The van der Waals surface area contributed by atoms with E-state index in [4.69, 9.17) is 14.2 Å². The number of ether oxygens (including phenoxy) is 3. The van der Waals surface area contributed by atoms with Gasteiger partial charge in [0, 0.05) is 0 Å². The van der Waals surface area contributed by atoms with Gasteiger partial charge in [0.2, 0.25) is 0 Å². The fraction of sp³-hybridized carbons (Fsp3) is 0.312. The summed E-state index contributed by atoms with van der Waals surface area (Å²) in [6.07, 6.45) is 4.38. The van der Waals surface area contributed by atoms with Gasteiger partial charge in [-0.1, -0.05) is 103 Å². The van der Waals surface area contributed by atoms with E-state index >= 15 is 0 Å². The van der Waals surface area contributed by atoms with Gasteiger partial charge in [-0.2, -0.15) is 0 Å². The third kappa shape index (κ3) is 8.89. The van der Waals surface area contributed by atoms with Crippen LogP contribution in [0.25, 0.3) is 0 Å². The van der Waals surface area contributed by atoms with Gasteiger partial charge in [-0.25, -0.2) is 0 Å². The molecule has 0 saturated heterocycles. The molecule has 3 aromatic rings. The second-order valence-electron chi connectivity index (χ2n) is 8.98. The maximum Gasteiger partial charge on any atom is 0.119 e. The molecular formula is C32H38O4. The zero-order valence-electron chi connectivity index (χ0n) is 21.0. The molecule has 0 unspecified atom stereocenters. The van der Waals surface area contributed by atoms with E-state index in [2.05, 4.69) is 13.2 Å². The molecule has 1 N–H and O–H groups in total. The van der Waals surface area contributed by atoms with E-state index in [-0.39, 0.29) is 6.61 Å². The van der Waals surface area contributed by atoms with Crippen LogP contribution in [0.3, 0.4) is 0 Å². The fourth-order valence-electron chi connectivity index (χ4n) is 4.13. The highest BCUT2D eigenvalue weighted by Gasteiger charge is 2.42. The average molecular weight is 487 g/mol. The summed E-state index contributed by atoms with van der Waals surface area (Å²) < 4.78 is 18.7. The number of rotatable bonds is 17. The van der Waals surface area contributed by atoms with Crippen LogP contribution in [0.1, 0.15) is 36.0 Å². The Kier molecular flexibility index (Phi) is 11.6. The van der Waals surface area contributed by atoms with Gasteiger partial charge in [0.25, 0.3) is 0 Å². The van der Waals surface area contributed by atoms with E-state index in [9.17, 15) is 5.11 Å². The third-order valence-corrected chi connectivity index (χ3v) is 6.10. The lowest BCUT2D eigenvalue weighted by atomic mass is 9.87. The molecule has 4 heteroatoms. The van der Waals surface area contributed by atoms with Crippen LogP contribution in [-0.4, -0.2) is 29.5 Å². The molecule has 0 aliphatic rings. The molecule has 0 bridgehead atoms. The minimum Gasteiger partial charge on any atom is -0.385 e. The van der Waals surface area contributed by atoms with E-state index in [1.807, 2.05) is 97.1 Å². The minimum atomic E-state index is -1.29. The van der Waals surface area contributed by atoms with Gasteiger partial charge in [0.15, 0.2) is 0 Å². The van der Waals surface area contributed by atoms with E-state index < -0.39 is 17.8 Å². The summed E-state index contributed by atoms with van der Waals surface area (Å²) in [5.41, 5.74) is 1.82. The first kappa shape index (κ1) is 27.6. The first-order valence-corrected chi connectivity index (χ1v) is 12.5. The van der Waals surface area contributed by atoms with Crippen LogP contribution in [0.4, 0.5) is 0 Å². The van der Waals surface area contributed by atoms with Crippen molar-refractivity contribution in [3.05, 3.63) is 133 Å². The van der Waals surface area contributed by atoms with Crippen LogP contribution in [0, 0.1) is 0 Å². The number of benzene rings is 3. The zero-order chi connectivity index (χ0) is 25.5. The van der Waals surface area contributed by atoms with Gasteiger partial charge < -0.3 is 19.3 Å². The van der Waals surface area contributed by atoms with Crippen LogP contribution in [-0.2, 0) is 34.0 Å². The Morgan fingerprint density at radius 1 is 0.722 bits per heavy atom. The number of hydrogen-bond donors (Lipinski definition) is 1. The predicted molar refractivity (Wildman–Crippen MR) is 145 cm³/mol. The molecule has 0 aromatic heterocycles. The molecule has 36 heavy (non-hydrogen) atoms. The second-order valence-corrected chi connectivity index (χ2v) is 8.98. The monoisotopic (exact) mass is 486 g/mol. The summed E-state index contributed by atoms with van der Waals surface area (Å²) in [5, 5.41) is 12.0. The van der Waals surface area contributed by atoms with Crippen LogP contribution in [0.2, 0.25) is 0 Å². The molecule has 0 radical (unpaired) electrons. The van der Waals surface area contributed by atoms with Gasteiger partial charge >= 0.3 is 0 Å². The molecule has 190 valence electrons. The summed E-state index contributed by atoms with van der Waals surface area (Å²) in [4.78, 5) is 0. The van der Waals surface area contributed by atoms with Crippen molar-refractivity contribution in [1.82, 2.24) is 0 Å². The highest BCUT2D eigenvalue weighted by molar-refractivity contribution is 5.16. The lowest BCUT2D eigenvalue weighted by Crippen LogP contribution is -2.54. The molecule has 0 saturated carbocycles. The Labute approximate surface area is 215 Å². The molecule has 0 aliphatic carbocycles. The highest BCUT2D eigenvalue weighted by Crippen LogP contribution is 2.29. The zero-order valence-corrected chi connectivity index (χ0v) is 21.0. The van der Waals surface area contributed by atoms with Gasteiger partial charge in [0.05, 0.1) is 26.4 Å². The lowest BCUT2D eigenvalue weighted by molar-refractivity contribution is -0.190. The Morgan fingerprint density at radius 3 is 1.72 bits per heavy atom.